The normalized spacial score (nSPS) is 12.0. The summed E-state index contributed by atoms with van der Waals surface area (Å²) in [4.78, 5) is 2.04. The molecule has 0 aromatic heterocycles. The zero-order chi connectivity index (χ0) is 14.7. The van der Waals surface area contributed by atoms with E-state index in [9.17, 15) is 4.39 Å². The van der Waals surface area contributed by atoms with E-state index in [1.54, 1.807) is 6.07 Å². The van der Waals surface area contributed by atoms with Gasteiger partial charge in [0.05, 0.1) is 0 Å². The second kappa shape index (κ2) is 5.82. The first kappa shape index (κ1) is 14.2. The number of phenolic OH excluding ortho intramolecular Hbond substituents is 1. The predicted molar refractivity (Wildman–Crippen MR) is 80.9 cm³/mol. The van der Waals surface area contributed by atoms with Crippen molar-refractivity contribution in [2.75, 3.05) is 24.3 Å². The number of aromatic hydroxyl groups is 1. The van der Waals surface area contributed by atoms with E-state index < -0.39 is 5.82 Å². The molecule has 0 amide bonds. The van der Waals surface area contributed by atoms with E-state index in [2.05, 4.69) is 5.32 Å². The molecule has 106 valence electrons. The monoisotopic (exact) mass is 274 g/mol. The van der Waals surface area contributed by atoms with Gasteiger partial charge in [-0.2, -0.15) is 0 Å². The largest absolute Gasteiger partial charge is 0.505 e. The second-order valence-corrected chi connectivity index (χ2v) is 5.02. The molecule has 0 aliphatic carbocycles. The third kappa shape index (κ3) is 3.20. The fourth-order valence-electron chi connectivity index (χ4n) is 1.99. The van der Waals surface area contributed by atoms with Crippen molar-refractivity contribution in [2.24, 2.45) is 0 Å². The fraction of sp³-hybridized carbons (Fsp3) is 0.250. The Morgan fingerprint density at radius 2 is 1.75 bits per heavy atom. The Hall–Kier alpha value is -2.23. The molecular weight excluding hydrogens is 255 g/mol. The minimum atomic E-state index is -0.620. The van der Waals surface area contributed by atoms with Crippen LogP contribution in [-0.4, -0.2) is 19.2 Å². The summed E-state index contributed by atoms with van der Waals surface area (Å²) in [6.45, 7) is 2.01. The average Bonchev–Trinajstić information content (AvgIpc) is 2.43. The van der Waals surface area contributed by atoms with Crippen molar-refractivity contribution in [1.82, 2.24) is 0 Å². The first-order valence-corrected chi connectivity index (χ1v) is 6.49. The lowest BCUT2D eigenvalue weighted by Gasteiger charge is -2.18. The smallest absolute Gasteiger partial charge is 0.166 e. The highest BCUT2D eigenvalue weighted by Crippen LogP contribution is 2.24. The summed E-state index contributed by atoms with van der Waals surface area (Å²) in [6, 6.07) is 12.5. The zero-order valence-corrected chi connectivity index (χ0v) is 11.9. The lowest BCUT2D eigenvalue weighted by molar-refractivity contribution is 0.432. The molecular formula is C16H19FN2O. The van der Waals surface area contributed by atoms with Crippen LogP contribution in [0.25, 0.3) is 0 Å². The van der Waals surface area contributed by atoms with Gasteiger partial charge in [-0.25, -0.2) is 4.39 Å². The highest BCUT2D eigenvalue weighted by atomic mass is 19.1. The molecule has 2 rings (SSSR count). The lowest BCUT2D eigenvalue weighted by Crippen LogP contribution is -2.10. The number of benzene rings is 2. The number of phenols is 1. The lowest BCUT2D eigenvalue weighted by atomic mass is 10.1. The Kier molecular flexibility index (Phi) is 4.13. The van der Waals surface area contributed by atoms with E-state index in [0.717, 1.165) is 11.3 Å². The molecule has 1 atom stereocenters. The van der Waals surface area contributed by atoms with Crippen molar-refractivity contribution in [3.8, 4) is 5.75 Å². The van der Waals surface area contributed by atoms with Gasteiger partial charge in [0.2, 0.25) is 0 Å². The summed E-state index contributed by atoms with van der Waals surface area (Å²) >= 11 is 0. The molecule has 0 fully saturated rings. The number of halogens is 1. The molecule has 0 aliphatic heterocycles. The molecule has 0 radical (unpaired) electrons. The number of nitrogens with one attached hydrogen (secondary N) is 1. The van der Waals surface area contributed by atoms with Crippen molar-refractivity contribution in [1.29, 1.82) is 0 Å². The Morgan fingerprint density at radius 3 is 2.30 bits per heavy atom. The van der Waals surface area contributed by atoms with E-state index in [1.165, 1.54) is 12.1 Å². The van der Waals surface area contributed by atoms with Gasteiger partial charge in [-0.3, -0.25) is 0 Å². The van der Waals surface area contributed by atoms with Gasteiger partial charge in [-0.1, -0.05) is 12.1 Å². The molecule has 0 saturated carbocycles. The maximum absolute atomic E-state index is 13.3. The molecule has 4 heteroatoms. The van der Waals surface area contributed by atoms with Crippen LogP contribution >= 0.6 is 0 Å². The summed E-state index contributed by atoms with van der Waals surface area (Å²) in [7, 11) is 3.99. The van der Waals surface area contributed by atoms with E-state index in [0.29, 0.717) is 5.69 Å². The molecule has 0 saturated heterocycles. The average molecular weight is 274 g/mol. The van der Waals surface area contributed by atoms with Crippen molar-refractivity contribution < 1.29 is 9.50 Å². The van der Waals surface area contributed by atoms with E-state index in [1.807, 2.05) is 50.2 Å². The topological polar surface area (TPSA) is 35.5 Å². The predicted octanol–water partition coefficient (Wildman–Crippen LogP) is 3.77. The Labute approximate surface area is 118 Å². The highest BCUT2D eigenvalue weighted by molar-refractivity contribution is 5.50. The number of anilines is 2. The molecule has 0 spiro atoms. The third-order valence-corrected chi connectivity index (χ3v) is 3.24. The molecule has 0 aliphatic rings. The van der Waals surface area contributed by atoms with E-state index in [4.69, 9.17) is 5.11 Å². The Balaban J connectivity index is 2.10. The molecule has 2 aromatic carbocycles. The molecule has 0 heterocycles. The van der Waals surface area contributed by atoms with Crippen LogP contribution in [0.4, 0.5) is 15.8 Å². The SMILES string of the molecule is CC(Nc1ccc(O)c(F)c1)c1ccc(N(C)C)cc1. The van der Waals surface area contributed by atoms with Crippen LogP contribution in [0.1, 0.15) is 18.5 Å². The van der Waals surface area contributed by atoms with Crippen LogP contribution in [-0.2, 0) is 0 Å². The molecule has 0 bridgehead atoms. The molecule has 1 unspecified atom stereocenters. The Morgan fingerprint density at radius 1 is 1.10 bits per heavy atom. The number of hydrogen-bond acceptors (Lipinski definition) is 3. The van der Waals surface area contributed by atoms with E-state index in [-0.39, 0.29) is 11.8 Å². The van der Waals surface area contributed by atoms with Crippen LogP contribution in [0.5, 0.6) is 5.75 Å². The van der Waals surface area contributed by atoms with Gasteiger partial charge in [0.15, 0.2) is 11.6 Å². The van der Waals surface area contributed by atoms with Gasteiger partial charge in [0, 0.05) is 37.6 Å². The van der Waals surface area contributed by atoms with Crippen molar-refractivity contribution in [3.63, 3.8) is 0 Å². The summed E-state index contributed by atoms with van der Waals surface area (Å²) in [5.74, 6) is -0.955. The van der Waals surface area contributed by atoms with Gasteiger partial charge in [0.25, 0.3) is 0 Å². The second-order valence-electron chi connectivity index (χ2n) is 5.02. The van der Waals surface area contributed by atoms with Crippen LogP contribution in [0, 0.1) is 5.82 Å². The minimum absolute atomic E-state index is 0.0511. The summed E-state index contributed by atoms with van der Waals surface area (Å²) in [5, 5.41) is 12.4. The maximum Gasteiger partial charge on any atom is 0.166 e. The first-order valence-electron chi connectivity index (χ1n) is 6.49. The number of rotatable bonds is 4. The first-order chi connectivity index (χ1) is 9.47. The van der Waals surface area contributed by atoms with Gasteiger partial charge in [-0.05, 0) is 36.8 Å². The molecule has 3 nitrogen and oxygen atoms in total. The highest BCUT2D eigenvalue weighted by Gasteiger charge is 2.07. The number of hydrogen-bond donors (Lipinski definition) is 2. The zero-order valence-electron chi connectivity index (χ0n) is 11.9. The van der Waals surface area contributed by atoms with Gasteiger partial charge in [0.1, 0.15) is 0 Å². The van der Waals surface area contributed by atoms with Crippen LogP contribution in [0.3, 0.4) is 0 Å². The molecule has 2 N–H and O–H groups in total. The maximum atomic E-state index is 13.3. The quantitative estimate of drug-likeness (QED) is 0.833. The van der Waals surface area contributed by atoms with Crippen molar-refractivity contribution >= 4 is 11.4 Å². The minimum Gasteiger partial charge on any atom is -0.505 e. The van der Waals surface area contributed by atoms with Crippen molar-refractivity contribution in [3.05, 3.63) is 53.8 Å². The van der Waals surface area contributed by atoms with Gasteiger partial charge < -0.3 is 15.3 Å². The summed E-state index contributed by atoms with van der Waals surface area (Å²) < 4.78 is 13.3. The number of nitrogens with zero attached hydrogens (tertiary/aromatic N) is 1. The van der Waals surface area contributed by atoms with E-state index >= 15 is 0 Å². The van der Waals surface area contributed by atoms with Crippen molar-refractivity contribution in [2.45, 2.75) is 13.0 Å². The summed E-state index contributed by atoms with van der Waals surface area (Å²) in [5.41, 5.74) is 2.89. The van der Waals surface area contributed by atoms with Crippen LogP contribution < -0.4 is 10.2 Å². The van der Waals surface area contributed by atoms with Crippen LogP contribution in [0.2, 0.25) is 0 Å². The van der Waals surface area contributed by atoms with Gasteiger partial charge in [-0.15, -0.1) is 0 Å². The Bertz CT molecular complexity index is 582. The van der Waals surface area contributed by atoms with Crippen LogP contribution in [0.15, 0.2) is 42.5 Å². The summed E-state index contributed by atoms with van der Waals surface area (Å²) in [6.07, 6.45) is 0. The third-order valence-electron chi connectivity index (χ3n) is 3.24. The fourth-order valence-corrected chi connectivity index (χ4v) is 1.99. The van der Waals surface area contributed by atoms with Gasteiger partial charge >= 0.3 is 0 Å². The standard InChI is InChI=1S/C16H19FN2O/c1-11(12-4-7-14(8-5-12)19(2)3)18-13-6-9-16(20)15(17)10-13/h4-11,18,20H,1-3H3. The molecule has 2 aromatic rings. The molecule has 20 heavy (non-hydrogen) atoms.